The molecule has 2 N–H and O–H groups in total. The highest BCUT2D eigenvalue weighted by Gasteiger charge is 2.27. The molecule has 6 nitrogen and oxygen atoms in total. The van der Waals surface area contributed by atoms with Crippen LogP contribution in [0.2, 0.25) is 0 Å². The van der Waals surface area contributed by atoms with Gasteiger partial charge in [-0.1, -0.05) is 0 Å². The summed E-state index contributed by atoms with van der Waals surface area (Å²) in [4.78, 5) is 26.3. The Balaban J connectivity index is 1.56. The van der Waals surface area contributed by atoms with E-state index in [9.17, 15) is 9.59 Å². The number of carbonyl (C=O) groups excluding carboxylic acids is 2. The van der Waals surface area contributed by atoms with Gasteiger partial charge in [0.05, 0.1) is 12.2 Å². The quantitative estimate of drug-likeness (QED) is 0.613. The van der Waals surface area contributed by atoms with Gasteiger partial charge in [0.2, 0.25) is 0 Å². The molecule has 2 aromatic heterocycles. The van der Waals surface area contributed by atoms with Gasteiger partial charge in [-0.3, -0.25) is 5.32 Å². The topological polar surface area (TPSA) is 72.4 Å². The molecule has 2 heterocycles. The number of hydrogen-bond acceptors (Lipinski definition) is 4. The lowest BCUT2D eigenvalue weighted by molar-refractivity contribution is 0.0526. The third kappa shape index (κ3) is 3.49. The Bertz CT molecular complexity index is 1050. The average Bonchev–Trinajstić information content (AvgIpc) is 3.21. The van der Waals surface area contributed by atoms with Crippen LogP contribution < -0.4 is 10.6 Å². The van der Waals surface area contributed by atoms with E-state index in [0.717, 1.165) is 42.1 Å². The van der Waals surface area contributed by atoms with Crippen LogP contribution in [-0.4, -0.2) is 23.2 Å². The smallest absolute Gasteiger partial charge is 0.341 e. The summed E-state index contributed by atoms with van der Waals surface area (Å²) >= 11 is 1.48. The van der Waals surface area contributed by atoms with Crippen molar-refractivity contribution in [3.63, 3.8) is 0 Å². The van der Waals surface area contributed by atoms with E-state index in [1.807, 2.05) is 42.1 Å². The second-order valence-corrected chi connectivity index (χ2v) is 8.02. The highest BCUT2D eigenvalue weighted by Crippen LogP contribution is 2.38. The number of ether oxygens (including phenoxy) is 1. The van der Waals surface area contributed by atoms with Crippen LogP contribution in [0, 0.1) is 0 Å². The molecule has 3 aromatic rings. The number of aromatic nitrogens is 1. The number of urea groups is 1. The van der Waals surface area contributed by atoms with E-state index < -0.39 is 0 Å². The van der Waals surface area contributed by atoms with Crippen molar-refractivity contribution in [2.45, 2.75) is 32.6 Å². The van der Waals surface area contributed by atoms with Crippen molar-refractivity contribution in [1.29, 1.82) is 0 Å². The molecule has 1 aromatic carbocycles. The molecule has 146 valence electrons. The molecule has 28 heavy (non-hydrogen) atoms. The predicted octanol–water partition coefficient (Wildman–Crippen LogP) is 4.94. The zero-order chi connectivity index (χ0) is 19.7. The first kappa shape index (κ1) is 18.6. The van der Waals surface area contributed by atoms with Crippen LogP contribution in [0.3, 0.4) is 0 Å². The number of amides is 2. The monoisotopic (exact) mass is 397 g/mol. The summed E-state index contributed by atoms with van der Waals surface area (Å²) in [6.07, 6.45) is 5.95. The molecule has 1 aliphatic carbocycles. The van der Waals surface area contributed by atoms with Crippen LogP contribution in [0.25, 0.3) is 10.9 Å². The van der Waals surface area contributed by atoms with Gasteiger partial charge in [-0.05, 0) is 62.4 Å². The van der Waals surface area contributed by atoms with E-state index in [4.69, 9.17) is 4.74 Å². The summed E-state index contributed by atoms with van der Waals surface area (Å²) in [6.45, 7) is 2.10. The fourth-order valence-corrected chi connectivity index (χ4v) is 4.97. The van der Waals surface area contributed by atoms with Gasteiger partial charge in [-0.25, -0.2) is 9.59 Å². The van der Waals surface area contributed by atoms with Crippen molar-refractivity contribution in [3.8, 4) is 0 Å². The van der Waals surface area contributed by atoms with E-state index in [1.165, 1.54) is 16.2 Å². The van der Waals surface area contributed by atoms with Gasteiger partial charge in [0.1, 0.15) is 5.00 Å². The molecule has 0 unspecified atom stereocenters. The summed E-state index contributed by atoms with van der Waals surface area (Å²) in [5.41, 5.74) is 3.36. The van der Waals surface area contributed by atoms with Gasteiger partial charge in [-0.2, -0.15) is 0 Å². The van der Waals surface area contributed by atoms with Crippen molar-refractivity contribution in [2.75, 3.05) is 17.2 Å². The number of carbonyl (C=O) groups is 2. The van der Waals surface area contributed by atoms with E-state index >= 15 is 0 Å². The Labute approximate surface area is 167 Å². The van der Waals surface area contributed by atoms with Crippen LogP contribution in [-0.2, 0) is 24.6 Å². The molecule has 0 saturated heterocycles. The summed E-state index contributed by atoms with van der Waals surface area (Å²) < 4.78 is 7.27. The number of anilines is 2. The fourth-order valence-electron chi connectivity index (χ4n) is 3.70. The molecule has 1 aliphatic rings. The van der Waals surface area contributed by atoms with Crippen molar-refractivity contribution >= 4 is 44.9 Å². The van der Waals surface area contributed by atoms with Gasteiger partial charge in [-0.15, -0.1) is 11.3 Å². The van der Waals surface area contributed by atoms with Crippen LogP contribution in [0.4, 0.5) is 15.5 Å². The first-order chi connectivity index (χ1) is 13.6. The minimum absolute atomic E-state index is 0.312. The predicted molar refractivity (Wildman–Crippen MR) is 112 cm³/mol. The van der Waals surface area contributed by atoms with Crippen molar-refractivity contribution in [3.05, 3.63) is 46.5 Å². The lowest BCUT2D eigenvalue weighted by Gasteiger charge is -2.12. The van der Waals surface area contributed by atoms with Crippen molar-refractivity contribution in [1.82, 2.24) is 4.57 Å². The number of esters is 1. The number of rotatable bonds is 4. The summed E-state index contributed by atoms with van der Waals surface area (Å²) in [6, 6.07) is 7.41. The lowest BCUT2D eigenvalue weighted by Crippen LogP contribution is -2.20. The van der Waals surface area contributed by atoms with Crippen molar-refractivity contribution < 1.29 is 14.3 Å². The number of hydrogen-bond donors (Lipinski definition) is 2. The molecule has 7 heteroatoms. The number of aryl methyl sites for hydroxylation is 2. The third-order valence-electron chi connectivity index (χ3n) is 5.02. The Morgan fingerprint density at radius 1 is 1.18 bits per heavy atom. The second-order valence-electron chi connectivity index (χ2n) is 6.91. The lowest BCUT2D eigenvalue weighted by atomic mass is 9.95. The zero-order valence-corrected chi connectivity index (χ0v) is 16.8. The van der Waals surface area contributed by atoms with Crippen molar-refractivity contribution in [2.24, 2.45) is 7.05 Å². The first-order valence-electron chi connectivity index (χ1n) is 9.51. The largest absolute Gasteiger partial charge is 0.462 e. The van der Waals surface area contributed by atoms with Gasteiger partial charge in [0.25, 0.3) is 0 Å². The fraction of sp³-hybridized carbons (Fsp3) is 0.333. The van der Waals surface area contributed by atoms with E-state index in [0.29, 0.717) is 22.9 Å². The maximum absolute atomic E-state index is 12.6. The number of nitrogens with one attached hydrogen (secondary N) is 2. The summed E-state index contributed by atoms with van der Waals surface area (Å²) in [7, 11) is 1.98. The molecule has 0 radical (unpaired) electrons. The molecule has 4 rings (SSSR count). The third-order valence-corrected chi connectivity index (χ3v) is 6.23. The molecule has 0 spiro atoms. The second kappa shape index (κ2) is 7.67. The van der Waals surface area contributed by atoms with Crippen LogP contribution in [0.5, 0.6) is 0 Å². The maximum atomic E-state index is 12.6. The minimum atomic E-state index is -0.362. The molecule has 2 amide bonds. The Morgan fingerprint density at radius 3 is 2.82 bits per heavy atom. The summed E-state index contributed by atoms with van der Waals surface area (Å²) in [5.74, 6) is -0.358. The minimum Gasteiger partial charge on any atom is -0.462 e. The van der Waals surface area contributed by atoms with E-state index in [-0.39, 0.29) is 12.0 Å². The standard InChI is InChI=1S/C21H23N3O3S/c1-3-27-20(25)18-15-6-4-5-7-17(15)28-19(18)23-21(26)22-14-8-9-16-13(12-14)10-11-24(16)2/h8-12H,3-7H2,1-2H3,(H2,22,23,26). The maximum Gasteiger partial charge on any atom is 0.341 e. The van der Waals surface area contributed by atoms with Crippen LogP contribution in [0.15, 0.2) is 30.5 Å². The Morgan fingerprint density at radius 2 is 2.00 bits per heavy atom. The average molecular weight is 398 g/mol. The Kier molecular flexibility index (Phi) is 5.09. The molecule has 0 saturated carbocycles. The first-order valence-corrected chi connectivity index (χ1v) is 10.3. The molecular formula is C21H23N3O3S. The number of thiophene rings is 1. The van der Waals surface area contributed by atoms with Crippen LogP contribution >= 0.6 is 11.3 Å². The van der Waals surface area contributed by atoms with Gasteiger partial charge >= 0.3 is 12.0 Å². The highest BCUT2D eigenvalue weighted by molar-refractivity contribution is 7.17. The molecule has 0 atom stereocenters. The zero-order valence-electron chi connectivity index (χ0n) is 16.0. The molecule has 0 fully saturated rings. The number of nitrogens with zero attached hydrogens (tertiary/aromatic N) is 1. The SMILES string of the molecule is CCOC(=O)c1c(NC(=O)Nc2ccc3c(ccn3C)c2)sc2c1CCCC2. The van der Waals surface area contributed by atoms with Gasteiger partial charge < -0.3 is 14.6 Å². The van der Waals surface area contributed by atoms with Gasteiger partial charge in [0.15, 0.2) is 0 Å². The highest BCUT2D eigenvalue weighted by atomic mass is 32.1. The molecule has 0 bridgehead atoms. The normalized spacial score (nSPS) is 13.2. The van der Waals surface area contributed by atoms with E-state index in [2.05, 4.69) is 10.6 Å². The molecular weight excluding hydrogens is 374 g/mol. The van der Waals surface area contributed by atoms with Gasteiger partial charge in [0, 0.05) is 34.7 Å². The van der Waals surface area contributed by atoms with Crippen LogP contribution in [0.1, 0.15) is 40.6 Å². The molecule has 0 aliphatic heterocycles. The number of benzene rings is 1. The summed E-state index contributed by atoms with van der Waals surface area (Å²) in [5, 5.41) is 7.36. The number of fused-ring (bicyclic) bond motifs is 2. The Hall–Kier alpha value is -2.80. The van der Waals surface area contributed by atoms with E-state index in [1.54, 1.807) is 6.92 Å².